The van der Waals surface area contributed by atoms with Crippen LogP contribution in [-0.2, 0) is 0 Å². The molecule has 0 amide bonds. The molecular formula is C28H19N5O2S2. The van der Waals surface area contributed by atoms with Crippen molar-refractivity contribution in [2.75, 3.05) is 6.61 Å². The Labute approximate surface area is 220 Å². The van der Waals surface area contributed by atoms with E-state index in [4.69, 9.17) is 9.47 Å². The maximum absolute atomic E-state index is 6.30. The molecule has 4 heterocycles. The van der Waals surface area contributed by atoms with Crippen LogP contribution in [0.4, 0.5) is 0 Å². The molecule has 0 fully saturated rings. The average molecular weight is 522 g/mol. The second kappa shape index (κ2) is 9.34. The van der Waals surface area contributed by atoms with Crippen molar-refractivity contribution in [3.8, 4) is 28.3 Å². The van der Waals surface area contributed by atoms with Crippen molar-refractivity contribution in [2.24, 2.45) is 0 Å². The van der Waals surface area contributed by atoms with E-state index in [9.17, 15) is 0 Å². The fraction of sp³-hybridized carbons (Fsp3) is 0.0714. The lowest BCUT2D eigenvalue weighted by Crippen LogP contribution is -2.24. The molecule has 7 rings (SSSR count). The summed E-state index contributed by atoms with van der Waals surface area (Å²) in [5.74, 6) is 2.09. The maximum atomic E-state index is 6.30. The summed E-state index contributed by atoms with van der Waals surface area (Å²) in [6.07, 6.45) is 1.19. The number of nitrogens with zero attached hydrogens (tertiary/aromatic N) is 5. The lowest BCUT2D eigenvalue weighted by Gasteiger charge is -2.26. The zero-order valence-corrected chi connectivity index (χ0v) is 21.0. The number of hydrogen-bond acceptors (Lipinski definition) is 8. The molecule has 6 aromatic rings. The Morgan fingerprint density at radius 3 is 2.43 bits per heavy atom. The maximum Gasteiger partial charge on any atom is 0.202 e. The smallest absolute Gasteiger partial charge is 0.202 e. The van der Waals surface area contributed by atoms with Gasteiger partial charge in [-0.2, -0.15) is 0 Å². The molecule has 1 atom stereocenters. The zero-order chi connectivity index (χ0) is 24.6. The third-order valence-corrected chi connectivity index (χ3v) is 7.91. The van der Waals surface area contributed by atoms with E-state index in [1.165, 1.54) is 11.8 Å². The van der Waals surface area contributed by atoms with Crippen LogP contribution in [0.15, 0.2) is 107 Å². The van der Waals surface area contributed by atoms with Gasteiger partial charge in [0, 0.05) is 16.6 Å². The Hall–Kier alpha value is -4.21. The number of hydrogen-bond donors (Lipinski definition) is 0. The Morgan fingerprint density at radius 1 is 0.838 bits per heavy atom. The second-order valence-electron chi connectivity index (χ2n) is 8.35. The highest BCUT2D eigenvalue weighted by atomic mass is 32.2. The van der Waals surface area contributed by atoms with E-state index in [0.29, 0.717) is 23.3 Å². The Morgan fingerprint density at radius 2 is 1.59 bits per heavy atom. The van der Waals surface area contributed by atoms with Gasteiger partial charge in [0.05, 0.1) is 5.39 Å². The van der Waals surface area contributed by atoms with E-state index in [2.05, 4.69) is 37.7 Å². The van der Waals surface area contributed by atoms with Gasteiger partial charge < -0.3 is 9.47 Å². The van der Waals surface area contributed by atoms with Crippen LogP contribution in [0.1, 0.15) is 11.9 Å². The molecular weight excluding hydrogens is 502 g/mol. The van der Waals surface area contributed by atoms with Gasteiger partial charge in [0.15, 0.2) is 23.4 Å². The van der Waals surface area contributed by atoms with Gasteiger partial charge in [0.2, 0.25) is 5.16 Å². The highest BCUT2D eigenvalue weighted by Crippen LogP contribution is 2.41. The van der Waals surface area contributed by atoms with Gasteiger partial charge in [-0.05, 0) is 41.6 Å². The summed E-state index contributed by atoms with van der Waals surface area (Å²) in [6.45, 7) is 0.340. The van der Waals surface area contributed by atoms with Gasteiger partial charge in [0.25, 0.3) is 0 Å². The number of benzene rings is 3. The van der Waals surface area contributed by atoms with Crippen LogP contribution in [0.2, 0.25) is 0 Å². The van der Waals surface area contributed by atoms with Crippen molar-refractivity contribution >= 4 is 33.3 Å². The fourth-order valence-electron chi connectivity index (χ4n) is 4.36. The summed E-state index contributed by atoms with van der Waals surface area (Å²) in [6, 6.07) is 28.0. The first-order valence-electron chi connectivity index (χ1n) is 11.7. The summed E-state index contributed by atoms with van der Waals surface area (Å²) >= 11 is 3.08. The zero-order valence-electron chi connectivity index (χ0n) is 19.4. The topological polar surface area (TPSA) is 75.0 Å². The molecule has 0 spiro atoms. The molecule has 7 nitrogen and oxygen atoms in total. The molecule has 0 saturated heterocycles. The van der Waals surface area contributed by atoms with Crippen molar-refractivity contribution in [2.45, 2.75) is 16.3 Å². The van der Waals surface area contributed by atoms with Crippen LogP contribution < -0.4 is 9.47 Å². The van der Waals surface area contributed by atoms with E-state index < -0.39 is 6.10 Å². The molecule has 180 valence electrons. The van der Waals surface area contributed by atoms with Gasteiger partial charge in [-0.3, -0.25) is 4.57 Å². The lowest BCUT2D eigenvalue weighted by molar-refractivity contribution is 0.0835. The molecule has 0 unspecified atom stereocenters. The third kappa shape index (κ3) is 4.02. The van der Waals surface area contributed by atoms with Crippen molar-refractivity contribution in [1.82, 2.24) is 24.7 Å². The molecule has 0 radical (unpaired) electrons. The van der Waals surface area contributed by atoms with Gasteiger partial charge in [-0.25, -0.2) is 9.97 Å². The van der Waals surface area contributed by atoms with Crippen LogP contribution in [0.25, 0.3) is 27.0 Å². The van der Waals surface area contributed by atoms with Crippen molar-refractivity contribution in [1.29, 1.82) is 0 Å². The van der Waals surface area contributed by atoms with Crippen LogP contribution in [0.5, 0.6) is 11.5 Å². The largest absolute Gasteiger partial charge is 0.485 e. The predicted octanol–water partition coefficient (Wildman–Crippen LogP) is 6.60. The fourth-order valence-corrected chi connectivity index (χ4v) is 6.30. The molecule has 0 saturated carbocycles. The van der Waals surface area contributed by atoms with Crippen molar-refractivity contribution in [3.63, 3.8) is 0 Å². The van der Waals surface area contributed by atoms with Gasteiger partial charge >= 0.3 is 0 Å². The quantitative estimate of drug-likeness (QED) is 0.237. The molecule has 1 aliphatic rings. The molecule has 0 bridgehead atoms. The third-order valence-electron chi connectivity index (χ3n) is 6.08. The first-order valence-corrected chi connectivity index (χ1v) is 13.4. The van der Waals surface area contributed by atoms with Crippen LogP contribution in [0, 0.1) is 0 Å². The molecule has 37 heavy (non-hydrogen) atoms. The Balaban J connectivity index is 1.33. The lowest BCUT2D eigenvalue weighted by atomic mass is 10.1. The molecule has 9 heteroatoms. The summed E-state index contributed by atoms with van der Waals surface area (Å²) in [5.41, 5.74) is 3.17. The SMILES string of the molecule is c1ccc(-c2csc3ncnc(Sc4nnc([C@@H]5COc6ccccc6O5)n4-c4ccccc4)c23)cc1. The summed E-state index contributed by atoms with van der Waals surface area (Å²) < 4.78 is 14.3. The first kappa shape index (κ1) is 22.0. The Kier molecular flexibility index (Phi) is 5.56. The monoisotopic (exact) mass is 521 g/mol. The summed E-state index contributed by atoms with van der Waals surface area (Å²) in [5, 5.41) is 13.8. The second-order valence-corrected chi connectivity index (χ2v) is 10.2. The first-order chi connectivity index (χ1) is 18.3. The average Bonchev–Trinajstić information content (AvgIpc) is 3.59. The minimum absolute atomic E-state index is 0.340. The summed E-state index contributed by atoms with van der Waals surface area (Å²) in [7, 11) is 0. The standard InChI is InChI=1S/C28H19N5O2S2/c1-3-9-18(10-4-1)20-16-36-26-24(20)27(30-17-29-26)37-28-32-31-25(33(28)19-11-5-2-6-12-19)23-15-34-21-13-7-8-14-22(21)35-23/h1-14,16-17,23H,15H2/t23-/m0/s1. The van der Waals surface area contributed by atoms with Crippen molar-refractivity contribution in [3.05, 3.63) is 102 Å². The number of fused-ring (bicyclic) bond motifs is 2. The summed E-state index contributed by atoms with van der Waals surface area (Å²) in [4.78, 5) is 10.1. The number of rotatable bonds is 5. The van der Waals surface area contributed by atoms with E-state index in [-0.39, 0.29) is 0 Å². The number of aromatic nitrogens is 5. The van der Waals surface area contributed by atoms with E-state index in [0.717, 1.165) is 37.8 Å². The number of para-hydroxylation sites is 3. The minimum atomic E-state index is -0.414. The van der Waals surface area contributed by atoms with Crippen LogP contribution in [0.3, 0.4) is 0 Å². The number of ether oxygens (including phenoxy) is 2. The van der Waals surface area contributed by atoms with E-state index in [1.807, 2.05) is 77.4 Å². The van der Waals surface area contributed by atoms with E-state index >= 15 is 0 Å². The molecule has 1 aliphatic heterocycles. The van der Waals surface area contributed by atoms with Crippen LogP contribution >= 0.6 is 23.1 Å². The minimum Gasteiger partial charge on any atom is -0.485 e. The predicted molar refractivity (Wildman–Crippen MR) is 144 cm³/mol. The van der Waals surface area contributed by atoms with Gasteiger partial charge in [-0.15, -0.1) is 21.5 Å². The molecule has 0 N–H and O–H groups in total. The number of thiophene rings is 1. The normalized spacial score (nSPS) is 14.6. The highest BCUT2D eigenvalue weighted by Gasteiger charge is 2.30. The molecule has 3 aromatic heterocycles. The van der Waals surface area contributed by atoms with Gasteiger partial charge in [-0.1, -0.05) is 60.7 Å². The highest BCUT2D eigenvalue weighted by molar-refractivity contribution is 7.99. The van der Waals surface area contributed by atoms with Gasteiger partial charge in [0.1, 0.15) is 22.8 Å². The van der Waals surface area contributed by atoms with Crippen LogP contribution in [-0.4, -0.2) is 31.3 Å². The molecule has 3 aromatic carbocycles. The Bertz CT molecular complexity index is 1700. The van der Waals surface area contributed by atoms with E-state index in [1.54, 1.807) is 17.7 Å². The van der Waals surface area contributed by atoms with Crippen molar-refractivity contribution < 1.29 is 9.47 Å². The molecule has 0 aliphatic carbocycles.